The molecule has 0 bridgehead atoms. The Morgan fingerprint density at radius 1 is 0.966 bits per heavy atom. The molecule has 1 fully saturated rings. The summed E-state index contributed by atoms with van der Waals surface area (Å²) >= 11 is 0. The number of likely N-dealkylation sites (N-methyl/N-ethyl adjacent to an activating group) is 1. The van der Waals surface area contributed by atoms with E-state index >= 15 is 0 Å². The highest BCUT2D eigenvalue weighted by Gasteiger charge is 2.26. The maximum atomic E-state index is 12.5. The lowest BCUT2D eigenvalue weighted by Crippen LogP contribution is -2.53. The molecule has 1 aliphatic heterocycles. The van der Waals surface area contributed by atoms with Crippen LogP contribution < -0.4 is 0 Å². The molecule has 1 aliphatic rings. The van der Waals surface area contributed by atoms with Gasteiger partial charge < -0.3 is 19.4 Å². The molecule has 0 atom stereocenters. The van der Waals surface area contributed by atoms with Crippen LogP contribution >= 0.6 is 0 Å². The summed E-state index contributed by atoms with van der Waals surface area (Å²) in [6.45, 7) is 7.39. The van der Waals surface area contributed by atoms with E-state index < -0.39 is 11.7 Å². The van der Waals surface area contributed by atoms with Crippen molar-refractivity contribution < 1.29 is 19.1 Å². The Kier molecular flexibility index (Phi) is 8.05. The van der Waals surface area contributed by atoms with Gasteiger partial charge in [0.1, 0.15) is 12.1 Å². The average molecular weight is 404 g/mol. The quantitative estimate of drug-likeness (QED) is 0.732. The molecule has 0 aliphatic carbocycles. The number of carbonyl (C=O) groups excluding carboxylic acids is 3. The molecule has 0 aromatic heterocycles. The van der Waals surface area contributed by atoms with Crippen molar-refractivity contribution >= 4 is 17.9 Å². The molecule has 1 aromatic rings. The molecule has 1 saturated heterocycles. The number of aryl methyl sites for hydroxylation is 1. The van der Waals surface area contributed by atoms with Gasteiger partial charge in [-0.1, -0.05) is 30.3 Å². The summed E-state index contributed by atoms with van der Waals surface area (Å²) < 4.78 is 5.27. The van der Waals surface area contributed by atoms with Crippen molar-refractivity contribution in [2.45, 2.75) is 45.6 Å². The monoisotopic (exact) mass is 403 g/mol. The van der Waals surface area contributed by atoms with E-state index in [1.165, 1.54) is 10.5 Å². The van der Waals surface area contributed by atoms with Gasteiger partial charge in [-0.25, -0.2) is 4.79 Å². The van der Waals surface area contributed by atoms with Crippen LogP contribution in [0.2, 0.25) is 0 Å². The molecule has 1 aromatic carbocycles. The summed E-state index contributed by atoms with van der Waals surface area (Å²) in [5.41, 5.74) is 0.644. The van der Waals surface area contributed by atoms with Gasteiger partial charge in [0.25, 0.3) is 0 Å². The number of amides is 3. The van der Waals surface area contributed by atoms with E-state index in [0.717, 1.165) is 12.8 Å². The number of carbonyl (C=O) groups is 3. The number of ether oxygens (including phenoxy) is 1. The van der Waals surface area contributed by atoms with Crippen molar-refractivity contribution in [2.75, 3.05) is 39.8 Å². The molecular formula is C22H33N3O4. The summed E-state index contributed by atoms with van der Waals surface area (Å²) in [5, 5.41) is 0. The van der Waals surface area contributed by atoms with E-state index in [-0.39, 0.29) is 18.4 Å². The molecule has 0 spiro atoms. The van der Waals surface area contributed by atoms with Gasteiger partial charge >= 0.3 is 6.09 Å². The zero-order valence-corrected chi connectivity index (χ0v) is 18.0. The Bertz CT molecular complexity index is 692. The lowest BCUT2D eigenvalue weighted by atomic mass is 10.1. The van der Waals surface area contributed by atoms with Crippen LogP contribution in [0.1, 0.15) is 39.2 Å². The van der Waals surface area contributed by atoms with Crippen LogP contribution in [0.25, 0.3) is 0 Å². The molecule has 7 nitrogen and oxygen atoms in total. The molecule has 0 saturated carbocycles. The number of rotatable bonds is 6. The molecular weight excluding hydrogens is 370 g/mol. The van der Waals surface area contributed by atoms with Gasteiger partial charge in [-0.3, -0.25) is 9.59 Å². The summed E-state index contributed by atoms with van der Waals surface area (Å²) in [6.07, 6.45) is 1.72. The van der Waals surface area contributed by atoms with Crippen LogP contribution in [-0.2, 0) is 20.7 Å². The van der Waals surface area contributed by atoms with Crippen LogP contribution in [-0.4, -0.2) is 78.0 Å². The standard InChI is InChI=1S/C22H33N3O4/c1-22(2,3)29-21(28)23(4)17-20(27)25-15-13-24(14-16-25)19(26)12-8-11-18-9-6-5-7-10-18/h5-7,9-10H,8,11-17H2,1-4H3. The first kappa shape index (κ1) is 22.7. The van der Waals surface area contributed by atoms with Crippen molar-refractivity contribution in [1.82, 2.24) is 14.7 Å². The third-order valence-corrected chi connectivity index (χ3v) is 4.76. The minimum absolute atomic E-state index is 0.0278. The van der Waals surface area contributed by atoms with Crippen LogP contribution in [0.15, 0.2) is 30.3 Å². The van der Waals surface area contributed by atoms with Crippen LogP contribution in [0, 0.1) is 0 Å². The van der Waals surface area contributed by atoms with E-state index in [1.54, 1.807) is 32.7 Å². The van der Waals surface area contributed by atoms with Crippen LogP contribution in [0.4, 0.5) is 4.79 Å². The van der Waals surface area contributed by atoms with Crippen LogP contribution in [0.5, 0.6) is 0 Å². The zero-order valence-electron chi connectivity index (χ0n) is 18.0. The molecule has 3 amide bonds. The lowest BCUT2D eigenvalue weighted by Gasteiger charge is -2.35. The summed E-state index contributed by atoms with van der Waals surface area (Å²) in [6, 6.07) is 10.1. The lowest BCUT2D eigenvalue weighted by molar-refractivity contribution is -0.140. The minimum Gasteiger partial charge on any atom is -0.444 e. The topological polar surface area (TPSA) is 70.2 Å². The molecule has 0 radical (unpaired) electrons. The second-order valence-corrected chi connectivity index (χ2v) is 8.44. The summed E-state index contributed by atoms with van der Waals surface area (Å²) in [5.74, 6) is 0.00781. The molecule has 0 unspecified atom stereocenters. The maximum absolute atomic E-state index is 12.5. The third-order valence-electron chi connectivity index (χ3n) is 4.76. The normalized spacial score (nSPS) is 14.5. The van der Waals surface area contributed by atoms with Gasteiger partial charge in [-0.2, -0.15) is 0 Å². The first-order valence-electron chi connectivity index (χ1n) is 10.2. The Hall–Kier alpha value is -2.57. The zero-order chi connectivity index (χ0) is 21.4. The number of hydrogen-bond acceptors (Lipinski definition) is 4. The predicted octanol–water partition coefficient (Wildman–Crippen LogP) is 2.55. The van der Waals surface area contributed by atoms with Gasteiger partial charge in [0.2, 0.25) is 11.8 Å². The molecule has 2 rings (SSSR count). The molecule has 7 heteroatoms. The summed E-state index contributed by atoms with van der Waals surface area (Å²) in [4.78, 5) is 41.7. The van der Waals surface area contributed by atoms with Gasteiger partial charge in [-0.15, -0.1) is 0 Å². The molecule has 0 N–H and O–H groups in total. The van der Waals surface area contributed by atoms with Gasteiger partial charge in [0.15, 0.2) is 0 Å². The van der Waals surface area contributed by atoms with E-state index in [0.29, 0.717) is 32.6 Å². The van der Waals surface area contributed by atoms with Crippen molar-refractivity contribution in [3.05, 3.63) is 35.9 Å². The van der Waals surface area contributed by atoms with Gasteiger partial charge in [-0.05, 0) is 39.2 Å². The second-order valence-electron chi connectivity index (χ2n) is 8.44. The van der Waals surface area contributed by atoms with E-state index in [2.05, 4.69) is 12.1 Å². The maximum Gasteiger partial charge on any atom is 0.410 e. The Morgan fingerprint density at radius 2 is 1.52 bits per heavy atom. The van der Waals surface area contributed by atoms with Crippen molar-refractivity contribution in [3.8, 4) is 0 Å². The van der Waals surface area contributed by atoms with Gasteiger partial charge in [0, 0.05) is 39.6 Å². The van der Waals surface area contributed by atoms with E-state index in [1.807, 2.05) is 23.1 Å². The van der Waals surface area contributed by atoms with Crippen molar-refractivity contribution in [3.63, 3.8) is 0 Å². The fourth-order valence-electron chi connectivity index (χ4n) is 3.16. The minimum atomic E-state index is -0.596. The van der Waals surface area contributed by atoms with E-state index in [4.69, 9.17) is 4.74 Å². The largest absolute Gasteiger partial charge is 0.444 e. The number of piperazine rings is 1. The molecule has 160 valence electrons. The first-order chi connectivity index (χ1) is 13.7. The molecule has 29 heavy (non-hydrogen) atoms. The highest BCUT2D eigenvalue weighted by Crippen LogP contribution is 2.11. The highest BCUT2D eigenvalue weighted by atomic mass is 16.6. The third kappa shape index (κ3) is 7.75. The second kappa shape index (κ2) is 10.3. The molecule has 1 heterocycles. The van der Waals surface area contributed by atoms with Crippen molar-refractivity contribution in [1.29, 1.82) is 0 Å². The van der Waals surface area contributed by atoms with E-state index in [9.17, 15) is 14.4 Å². The first-order valence-corrected chi connectivity index (χ1v) is 10.2. The number of benzene rings is 1. The smallest absolute Gasteiger partial charge is 0.410 e. The SMILES string of the molecule is CN(CC(=O)N1CCN(C(=O)CCCc2ccccc2)CC1)C(=O)OC(C)(C)C. The number of nitrogens with zero attached hydrogens (tertiary/aromatic N) is 3. The van der Waals surface area contributed by atoms with Crippen molar-refractivity contribution in [2.24, 2.45) is 0 Å². The van der Waals surface area contributed by atoms with Gasteiger partial charge in [0.05, 0.1) is 0 Å². The van der Waals surface area contributed by atoms with Crippen LogP contribution in [0.3, 0.4) is 0 Å². The Balaban J connectivity index is 1.70. The average Bonchev–Trinajstić information content (AvgIpc) is 2.67. The Morgan fingerprint density at radius 3 is 2.07 bits per heavy atom. The predicted molar refractivity (Wildman–Crippen MR) is 111 cm³/mol. The number of hydrogen-bond donors (Lipinski definition) is 0. The Labute approximate surface area is 173 Å². The highest BCUT2D eigenvalue weighted by molar-refractivity contribution is 5.83. The summed E-state index contributed by atoms with van der Waals surface area (Å²) in [7, 11) is 1.55. The fraction of sp³-hybridized carbons (Fsp3) is 0.591. The fourth-order valence-corrected chi connectivity index (χ4v) is 3.16.